The van der Waals surface area contributed by atoms with Crippen molar-refractivity contribution in [1.29, 1.82) is 0 Å². The minimum atomic E-state index is -0.159. The molecule has 2 aromatic rings. The van der Waals surface area contributed by atoms with Gasteiger partial charge in [0.15, 0.2) is 0 Å². The van der Waals surface area contributed by atoms with Crippen LogP contribution in [0, 0.1) is 0 Å². The van der Waals surface area contributed by atoms with Crippen molar-refractivity contribution in [2.45, 2.75) is 20.8 Å². The zero-order valence-corrected chi connectivity index (χ0v) is 22.0. The summed E-state index contributed by atoms with van der Waals surface area (Å²) in [4.78, 5) is 15.4. The van der Waals surface area contributed by atoms with E-state index in [0.717, 1.165) is 34.8 Å². The number of rotatable bonds is 9. The average molecular weight is 500 g/mol. The number of amides is 1. The van der Waals surface area contributed by atoms with Gasteiger partial charge in [0, 0.05) is 38.0 Å². The highest BCUT2D eigenvalue weighted by molar-refractivity contribution is 6.30. The van der Waals surface area contributed by atoms with Gasteiger partial charge in [0.1, 0.15) is 23.9 Å². The van der Waals surface area contributed by atoms with Crippen LogP contribution in [-0.2, 0) is 14.3 Å². The Morgan fingerprint density at radius 3 is 2.57 bits per heavy atom. The van der Waals surface area contributed by atoms with Crippen molar-refractivity contribution in [1.82, 2.24) is 0 Å². The minimum Gasteiger partial charge on any atom is -0.490 e. The molecule has 0 spiro atoms. The third-order valence-electron chi connectivity index (χ3n) is 6.13. The largest absolute Gasteiger partial charge is 0.490 e. The fourth-order valence-electron chi connectivity index (χ4n) is 4.08. The molecule has 7 heteroatoms. The van der Waals surface area contributed by atoms with Crippen molar-refractivity contribution in [3.63, 3.8) is 0 Å². The molecule has 0 radical (unpaired) electrons. The third kappa shape index (κ3) is 6.01. The summed E-state index contributed by atoms with van der Waals surface area (Å²) >= 11 is 0. The summed E-state index contributed by atoms with van der Waals surface area (Å²) in [5, 5.41) is 5.95. The Morgan fingerprint density at radius 2 is 1.84 bits per heavy atom. The van der Waals surface area contributed by atoms with Crippen molar-refractivity contribution in [3.05, 3.63) is 95.0 Å². The first kappa shape index (κ1) is 26.0. The van der Waals surface area contributed by atoms with Gasteiger partial charge >= 0.3 is 0 Å². The Balaban J connectivity index is 1.63. The van der Waals surface area contributed by atoms with Gasteiger partial charge in [0.05, 0.1) is 23.6 Å². The molecule has 1 amide bonds. The molecule has 2 aliphatic heterocycles. The number of anilines is 2. The summed E-state index contributed by atoms with van der Waals surface area (Å²) in [6.07, 6.45) is 7.58. The topological polar surface area (TPSA) is 63.6 Å². The summed E-state index contributed by atoms with van der Waals surface area (Å²) in [6, 6.07) is 15.6. The van der Waals surface area contributed by atoms with E-state index in [4.69, 9.17) is 14.2 Å². The van der Waals surface area contributed by atoms with Crippen LogP contribution in [0.2, 0.25) is 0 Å². The predicted molar refractivity (Wildman–Crippen MR) is 149 cm³/mol. The molecule has 0 N–H and O–H groups in total. The number of benzene rings is 2. The lowest BCUT2D eigenvalue weighted by molar-refractivity contribution is -0.114. The van der Waals surface area contributed by atoms with Gasteiger partial charge in [-0.25, -0.2) is 0 Å². The first-order chi connectivity index (χ1) is 17.9. The second kappa shape index (κ2) is 11.8. The zero-order valence-electron chi connectivity index (χ0n) is 22.0. The lowest BCUT2D eigenvalue weighted by atomic mass is 10.0. The lowest BCUT2D eigenvalue weighted by Crippen LogP contribution is -2.22. The van der Waals surface area contributed by atoms with Gasteiger partial charge in [-0.3, -0.25) is 4.79 Å². The lowest BCUT2D eigenvalue weighted by Gasteiger charge is -2.19. The van der Waals surface area contributed by atoms with Crippen LogP contribution in [0.5, 0.6) is 5.75 Å². The van der Waals surface area contributed by atoms with Crippen LogP contribution in [0.1, 0.15) is 26.3 Å². The highest BCUT2D eigenvalue weighted by Gasteiger charge is 2.31. The molecule has 4 rings (SSSR count). The Kier molecular flexibility index (Phi) is 8.25. The molecule has 192 valence electrons. The number of ether oxygens (including phenoxy) is 3. The molecular weight excluding hydrogens is 466 g/mol. The van der Waals surface area contributed by atoms with E-state index < -0.39 is 0 Å². The second-order valence-corrected chi connectivity index (χ2v) is 8.78. The van der Waals surface area contributed by atoms with Gasteiger partial charge in [-0.2, -0.15) is 10.1 Å². The maximum absolute atomic E-state index is 13.3. The third-order valence-corrected chi connectivity index (χ3v) is 6.13. The standard InChI is InChI=1S/C30H33N3O4/c1-6-32(4)26-14-12-23(28(20-26)36-17-16-35-5)13-15-27-19-24(18-21(2)37-27)29-22(3)31-33(30(29)34)25-10-8-7-9-11-25/h7-15,18-20H,6,16-17H2,1-5H3. The quantitative estimate of drug-likeness (QED) is 0.326. The van der Waals surface area contributed by atoms with E-state index in [0.29, 0.717) is 36.0 Å². The molecule has 2 aromatic carbocycles. The van der Waals surface area contributed by atoms with Crippen molar-refractivity contribution in [3.8, 4) is 5.75 Å². The number of carbonyl (C=O) groups excluding carboxylic acids is 1. The molecule has 0 saturated carbocycles. The number of hydrogen-bond donors (Lipinski definition) is 0. The first-order valence-corrected chi connectivity index (χ1v) is 12.3. The van der Waals surface area contributed by atoms with Crippen molar-refractivity contribution in [2.75, 3.05) is 43.8 Å². The fourth-order valence-corrected chi connectivity index (χ4v) is 4.08. The Morgan fingerprint density at radius 1 is 1.05 bits per heavy atom. The van der Waals surface area contributed by atoms with E-state index in [9.17, 15) is 4.79 Å². The summed E-state index contributed by atoms with van der Waals surface area (Å²) in [7, 11) is 3.70. The van der Waals surface area contributed by atoms with Gasteiger partial charge in [-0.15, -0.1) is 0 Å². The number of hydrazone groups is 1. The summed E-state index contributed by atoms with van der Waals surface area (Å²) in [6.45, 7) is 7.67. The van der Waals surface area contributed by atoms with Crippen molar-refractivity contribution >= 4 is 29.1 Å². The Bertz CT molecular complexity index is 1310. The molecule has 0 saturated heterocycles. The van der Waals surface area contributed by atoms with Crippen molar-refractivity contribution < 1.29 is 19.0 Å². The number of allylic oxidation sites excluding steroid dienone is 5. The number of hydrogen-bond acceptors (Lipinski definition) is 6. The molecule has 0 atom stereocenters. The van der Waals surface area contributed by atoms with Crippen LogP contribution in [0.4, 0.5) is 11.4 Å². The molecule has 0 bridgehead atoms. The fraction of sp³-hybridized carbons (Fsp3) is 0.267. The first-order valence-electron chi connectivity index (χ1n) is 12.3. The van der Waals surface area contributed by atoms with E-state index in [2.05, 4.69) is 23.0 Å². The Hall–Kier alpha value is -4.10. The SMILES string of the molecule is CCN(C)c1ccc(C=CC2=CC(=C3C(=O)N(c4ccccc4)N=C3C)C=C(C)O2)c(OCCOC)c1. The van der Waals surface area contributed by atoms with E-state index in [1.54, 1.807) is 7.11 Å². The van der Waals surface area contributed by atoms with Crippen LogP contribution in [-0.4, -0.2) is 45.5 Å². The number of carbonyl (C=O) groups is 1. The molecule has 2 heterocycles. The summed E-state index contributed by atoms with van der Waals surface area (Å²) in [5.74, 6) is 1.92. The maximum Gasteiger partial charge on any atom is 0.281 e. The number of para-hydroxylation sites is 1. The van der Waals surface area contributed by atoms with E-state index in [1.165, 1.54) is 5.01 Å². The molecule has 0 aromatic heterocycles. The summed E-state index contributed by atoms with van der Waals surface area (Å²) < 4.78 is 17.1. The molecule has 2 aliphatic rings. The van der Waals surface area contributed by atoms with Crippen LogP contribution in [0.25, 0.3) is 6.08 Å². The van der Waals surface area contributed by atoms with Gasteiger partial charge in [0.2, 0.25) is 0 Å². The van der Waals surface area contributed by atoms with Crippen LogP contribution in [0.15, 0.2) is 94.5 Å². The highest BCUT2D eigenvalue weighted by atomic mass is 16.5. The average Bonchev–Trinajstić information content (AvgIpc) is 3.21. The van der Waals surface area contributed by atoms with Gasteiger partial charge in [-0.05, 0) is 74.9 Å². The zero-order chi connectivity index (χ0) is 26.4. The van der Waals surface area contributed by atoms with Gasteiger partial charge < -0.3 is 19.1 Å². The summed E-state index contributed by atoms with van der Waals surface area (Å²) in [5.41, 5.74) is 4.72. The van der Waals surface area contributed by atoms with Crippen LogP contribution in [0.3, 0.4) is 0 Å². The molecular formula is C30H33N3O4. The molecule has 0 unspecified atom stereocenters. The molecule has 7 nitrogen and oxygen atoms in total. The van der Waals surface area contributed by atoms with Gasteiger partial charge in [0.25, 0.3) is 5.91 Å². The molecule has 0 aliphatic carbocycles. The number of nitrogens with zero attached hydrogens (tertiary/aromatic N) is 3. The van der Waals surface area contributed by atoms with E-state index in [-0.39, 0.29) is 5.91 Å². The van der Waals surface area contributed by atoms with Crippen molar-refractivity contribution in [2.24, 2.45) is 5.10 Å². The second-order valence-electron chi connectivity index (χ2n) is 8.78. The monoisotopic (exact) mass is 499 g/mol. The smallest absolute Gasteiger partial charge is 0.281 e. The van der Waals surface area contributed by atoms with E-state index in [1.807, 2.05) is 87.7 Å². The Labute approximate surface area is 218 Å². The van der Waals surface area contributed by atoms with E-state index >= 15 is 0 Å². The molecule has 37 heavy (non-hydrogen) atoms. The predicted octanol–water partition coefficient (Wildman–Crippen LogP) is 5.72. The maximum atomic E-state index is 13.3. The van der Waals surface area contributed by atoms with Gasteiger partial charge in [-0.1, -0.05) is 18.2 Å². The highest BCUT2D eigenvalue weighted by Crippen LogP contribution is 2.31. The number of methoxy groups -OCH3 is 1. The minimum absolute atomic E-state index is 0.159. The normalized spacial score (nSPS) is 17.5. The van der Waals surface area contributed by atoms with Crippen LogP contribution < -0.4 is 14.6 Å². The van der Waals surface area contributed by atoms with Crippen LogP contribution >= 0.6 is 0 Å². The molecule has 0 fully saturated rings.